The molecule has 0 aliphatic heterocycles. The van der Waals surface area contributed by atoms with Crippen LogP contribution in [0, 0.1) is 6.92 Å². The Bertz CT molecular complexity index is 927. The van der Waals surface area contributed by atoms with Crippen molar-refractivity contribution in [3.8, 4) is 11.5 Å². The van der Waals surface area contributed by atoms with Crippen molar-refractivity contribution in [1.29, 1.82) is 0 Å². The van der Waals surface area contributed by atoms with E-state index >= 15 is 0 Å². The average Bonchev–Trinajstić information content (AvgIpc) is 3.05. The van der Waals surface area contributed by atoms with Crippen molar-refractivity contribution >= 4 is 17.5 Å². The van der Waals surface area contributed by atoms with Gasteiger partial charge in [-0.1, -0.05) is 25.9 Å². The molecule has 0 saturated carbocycles. The van der Waals surface area contributed by atoms with Crippen molar-refractivity contribution < 1.29 is 14.1 Å². The number of carbonyl (C=O) groups is 1. The third kappa shape index (κ3) is 5.07. The summed E-state index contributed by atoms with van der Waals surface area (Å²) in [7, 11) is 0. The van der Waals surface area contributed by atoms with Gasteiger partial charge >= 0.3 is 6.03 Å². The molecule has 27 heavy (non-hydrogen) atoms. The van der Waals surface area contributed by atoms with Crippen LogP contribution in [0.1, 0.15) is 32.2 Å². The fourth-order valence-electron chi connectivity index (χ4n) is 2.29. The highest BCUT2D eigenvalue weighted by molar-refractivity contribution is 5.99. The van der Waals surface area contributed by atoms with Gasteiger partial charge in [-0.2, -0.15) is 0 Å². The zero-order valence-electron chi connectivity index (χ0n) is 15.7. The Morgan fingerprint density at radius 2 is 1.78 bits per heavy atom. The molecular weight excluding hydrogens is 344 g/mol. The SMILES string of the molecule is Cc1cc(Oc2ccc(NC(=O)Nc3cc(C(C)(C)C)on3)cc2)ccn1. The fourth-order valence-corrected chi connectivity index (χ4v) is 2.29. The van der Waals surface area contributed by atoms with Crippen LogP contribution < -0.4 is 15.4 Å². The van der Waals surface area contributed by atoms with E-state index in [4.69, 9.17) is 9.26 Å². The van der Waals surface area contributed by atoms with Gasteiger partial charge in [0.05, 0.1) is 0 Å². The molecule has 7 nitrogen and oxygen atoms in total. The van der Waals surface area contributed by atoms with E-state index in [0.717, 1.165) is 5.69 Å². The summed E-state index contributed by atoms with van der Waals surface area (Å²) in [6.45, 7) is 7.93. The third-order valence-electron chi connectivity index (χ3n) is 3.71. The summed E-state index contributed by atoms with van der Waals surface area (Å²) in [6.07, 6.45) is 1.69. The van der Waals surface area contributed by atoms with Crippen molar-refractivity contribution in [3.05, 3.63) is 60.1 Å². The number of anilines is 2. The lowest BCUT2D eigenvalue weighted by Gasteiger charge is -2.12. The zero-order chi connectivity index (χ0) is 19.4. The number of nitrogens with one attached hydrogen (secondary N) is 2. The van der Waals surface area contributed by atoms with Gasteiger partial charge in [-0.15, -0.1) is 0 Å². The van der Waals surface area contributed by atoms with Crippen molar-refractivity contribution in [3.63, 3.8) is 0 Å². The van der Waals surface area contributed by atoms with Gasteiger partial charge in [0.25, 0.3) is 0 Å². The summed E-state index contributed by atoms with van der Waals surface area (Å²) in [5, 5.41) is 9.25. The molecule has 2 heterocycles. The average molecular weight is 366 g/mol. The van der Waals surface area contributed by atoms with E-state index in [0.29, 0.717) is 28.8 Å². The normalized spacial score (nSPS) is 11.1. The van der Waals surface area contributed by atoms with E-state index in [9.17, 15) is 4.79 Å². The van der Waals surface area contributed by atoms with Gasteiger partial charge in [-0.3, -0.25) is 10.3 Å². The van der Waals surface area contributed by atoms with E-state index in [-0.39, 0.29) is 5.41 Å². The Labute approximate surface area is 157 Å². The summed E-state index contributed by atoms with van der Waals surface area (Å²) < 4.78 is 11.0. The number of rotatable bonds is 4. The van der Waals surface area contributed by atoms with Crippen LogP contribution in [0.25, 0.3) is 0 Å². The second-order valence-electron chi connectivity index (χ2n) is 7.16. The van der Waals surface area contributed by atoms with Gasteiger partial charge in [0, 0.05) is 35.1 Å². The molecular formula is C20H22N4O3. The number of ether oxygens (including phenoxy) is 1. The van der Waals surface area contributed by atoms with E-state index in [1.165, 1.54) is 0 Å². The number of nitrogens with zero attached hydrogens (tertiary/aromatic N) is 2. The molecule has 0 spiro atoms. The molecule has 0 radical (unpaired) electrons. The first-order valence-electron chi connectivity index (χ1n) is 8.55. The Morgan fingerprint density at radius 3 is 2.41 bits per heavy atom. The van der Waals surface area contributed by atoms with Crippen LogP contribution in [-0.2, 0) is 5.41 Å². The first-order chi connectivity index (χ1) is 12.8. The Balaban J connectivity index is 1.57. The summed E-state index contributed by atoms with van der Waals surface area (Å²) in [5.74, 6) is 2.44. The molecule has 0 saturated heterocycles. The van der Waals surface area contributed by atoms with E-state index < -0.39 is 6.03 Å². The molecule has 2 N–H and O–H groups in total. The first kappa shape index (κ1) is 18.4. The van der Waals surface area contributed by atoms with Crippen molar-refractivity contribution in [2.24, 2.45) is 0 Å². The van der Waals surface area contributed by atoms with Gasteiger partial charge in [-0.05, 0) is 37.3 Å². The second-order valence-corrected chi connectivity index (χ2v) is 7.16. The highest BCUT2D eigenvalue weighted by Crippen LogP contribution is 2.25. The number of aryl methyl sites for hydroxylation is 1. The number of hydrogen-bond donors (Lipinski definition) is 2. The smallest absolute Gasteiger partial charge is 0.324 e. The monoisotopic (exact) mass is 366 g/mol. The molecule has 3 rings (SSSR count). The topological polar surface area (TPSA) is 89.3 Å². The molecule has 7 heteroatoms. The van der Waals surface area contributed by atoms with Crippen molar-refractivity contribution in [2.45, 2.75) is 33.1 Å². The van der Waals surface area contributed by atoms with Gasteiger partial charge in [0.15, 0.2) is 5.82 Å². The van der Waals surface area contributed by atoms with Gasteiger partial charge in [0.1, 0.15) is 17.3 Å². The summed E-state index contributed by atoms with van der Waals surface area (Å²) in [6, 6.07) is 12.0. The number of urea groups is 1. The maximum atomic E-state index is 12.1. The molecule has 0 aliphatic rings. The van der Waals surface area contributed by atoms with Gasteiger partial charge < -0.3 is 14.6 Å². The Morgan fingerprint density at radius 1 is 1.04 bits per heavy atom. The highest BCUT2D eigenvalue weighted by Gasteiger charge is 2.20. The van der Waals surface area contributed by atoms with Crippen LogP contribution in [0.2, 0.25) is 0 Å². The maximum Gasteiger partial charge on any atom is 0.324 e. The molecule has 2 aromatic heterocycles. The Hall–Kier alpha value is -3.35. The van der Waals surface area contributed by atoms with Crippen LogP contribution in [-0.4, -0.2) is 16.2 Å². The van der Waals surface area contributed by atoms with Crippen LogP contribution in [0.3, 0.4) is 0 Å². The maximum absolute atomic E-state index is 12.1. The third-order valence-corrected chi connectivity index (χ3v) is 3.71. The summed E-state index contributed by atoms with van der Waals surface area (Å²) >= 11 is 0. The van der Waals surface area contributed by atoms with Gasteiger partial charge in [0.2, 0.25) is 0 Å². The van der Waals surface area contributed by atoms with E-state index in [1.807, 2.05) is 33.8 Å². The van der Waals surface area contributed by atoms with Crippen LogP contribution in [0.15, 0.2) is 53.2 Å². The van der Waals surface area contributed by atoms with E-state index in [2.05, 4.69) is 20.8 Å². The van der Waals surface area contributed by atoms with Crippen molar-refractivity contribution in [2.75, 3.05) is 10.6 Å². The summed E-state index contributed by atoms with van der Waals surface area (Å²) in [5.41, 5.74) is 1.34. The number of hydrogen-bond acceptors (Lipinski definition) is 5. The van der Waals surface area contributed by atoms with Gasteiger partial charge in [-0.25, -0.2) is 4.79 Å². The number of benzene rings is 1. The minimum atomic E-state index is -0.401. The molecule has 0 unspecified atom stereocenters. The summed E-state index contributed by atoms with van der Waals surface area (Å²) in [4.78, 5) is 16.2. The first-order valence-corrected chi connectivity index (χ1v) is 8.55. The zero-order valence-corrected chi connectivity index (χ0v) is 15.7. The van der Waals surface area contributed by atoms with Crippen LogP contribution in [0.4, 0.5) is 16.3 Å². The predicted molar refractivity (Wildman–Crippen MR) is 103 cm³/mol. The molecule has 140 valence electrons. The molecule has 0 bridgehead atoms. The Kier molecular flexibility index (Phi) is 5.12. The predicted octanol–water partition coefficient (Wildman–Crippen LogP) is 5.11. The molecule has 1 aromatic carbocycles. The molecule has 0 aliphatic carbocycles. The van der Waals surface area contributed by atoms with Crippen molar-refractivity contribution in [1.82, 2.24) is 10.1 Å². The minimum Gasteiger partial charge on any atom is -0.457 e. The van der Waals surface area contributed by atoms with Crippen LogP contribution in [0.5, 0.6) is 11.5 Å². The molecule has 0 fully saturated rings. The second kappa shape index (κ2) is 7.49. The fraction of sp³-hybridized carbons (Fsp3) is 0.250. The number of amides is 2. The molecule has 2 amide bonds. The lowest BCUT2D eigenvalue weighted by atomic mass is 9.93. The highest BCUT2D eigenvalue weighted by atomic mass is 16.5. The molecule has 3 aromatic rings. The molecule has 0 atom stereocenters. The largest absolute Gasteiger partial charge is 0.457 e. The number of pyridine rings is 1. The minimum absolute atomic E-state index is 0.174. The van der Waals surface area contributed by atoms with E-state index in [1.54, 1.807) is 42.6 Å². The standard InChI is InChI=1S/C20H22N4O3/c1-13-11-16(9-10-21-13)26-15-7-5-14(6-8-15)22-19(25)23-18-12-17(27-24-18)20(2,3)4/h5-12H,1-4H3,(H2,22,23,24,25). The lowest BCUT2D eigenvalue weighted by Crippen LogP contribution is -2.19. The van der Waals surface area contributed by atoms with Crippen LogP contribution >= 0.6 is 0 Å². The number of carbonyl (C=O) groups excluding carboxylic acids is 1. The quantitative estimate of drug-likeness (QED) is 0.669. The number of aromatic nitrogens is 2. The lowest BCUT2D eigenvalue weighted by molar-refractivity contribution is 0.262.